The van der Waals surface area contributed by atoms with E-state index in [1.807, 2.05) is 6.07 Å². The van der Waals surface area contributed by atoms with Crippen molar-refractivity contribution >= 4 is 12.0 Å². The molecular formula is C10H12N2O. The first-order chi connectivity index (χ1) is 6.33. The monoisotopic (exact) mass is 176 g/mol. The molecule has 1 aromatic rings. The van der Waals surface area contributed by atoms with E-state index in [2.05, 4.69) is 22.9 Å². The van der Waals surface area contributed by atoms with Crippen molar-refractivity contribution in [3.63, 3.8) is 0 Å². The zero-order chi connectivity index (χ0) is 9.26. The van der Waals surface area contributed by atoms with Gasteiger partial charge in [0, 0.05) is 24.9 Å². The van der Waals surface area contributed by atoms with Crippen molar-refractivity contribution in [3.8, 4) is 0 Å². The van der Waals surface area contributed by atoms with Crippen LogP contribution in [0.3, 0.4) is 0 Å². The van der Waals surface area contributed by atoms with E-state index in [0.717, 1.165) is 30.8 Å². The van der Waals surface area contributed by atoms with Crippen molar-refractivity contribution in [1.29, 1.82) is 0 Å². The molecule has 0 atom stereocenters. The lowest BCUT2D eigenvalue weighted by atomic mass is 10.2. The minimum absolute atomic E-state index is 0.820. The summed E-state index contributed by atoms with van der Waals surface area (Å²) in [6.45, 7) is 3.94. The van der Waals surface area contributed by atoms with E-state index in [4.69, 9.17) is 0 Å². The molecule has 0 aliphatic carbocycles. The second kappa shape index (κ2) is 3.09. The molecular weight excluding hydrogens is 164 g/mol. The molecule has 0 amide bonds. The maximum Gasteiger partial charge on any atom is 0.144 e. The largest absolute Gasteiger partial charge is 0.381 e. The summed E-state index contributed by atoms with van der Waals surface area (Å²) in [5.41, 5.74) is 3.28. The van der Waals surface area contributed by atoms with Crippen molar-refractivity contribution in [2.75, 3.05) is 6.54 Å². The molecule has 1 N–H and O–H groups in total. The SMILES string of the molecule is Cc1ccc2n1CCN/C2=C/C=O. The molecule has 0 spiro atoms. The van der Waals surface area contributed by atoms with Gasteiger partial charge in [-0.2, -0.15) is 0 Å². The third-order valence-corrected chi connectivity index (χ3v) is 2.36. The smallest absolute Gasteiger partial charge is 0.144 e. The van der Waals surface area contributed by atoms with Crippen LogP contribution in [0.5, 0.6) is 0 Å². The fourth-order valence-corrected chi connectivity index (χ4v) is 1.71. The van der Waals surface area contributed by atoms with Gasteiger partial charge in [0.2, 0.25) is 0 Å². The average Bonchev–Trinajstić information content (AvgIpc) is 2.50. The quantitative estimate of drug-likeness (QED) is 0.510. The molecule has 0 saturated heterocycles. The number of carbonyl (C=O) groups excluding carboxylic acids is 1. The number of nitrogens with one attached hydrogen (secondary N) is 1. The molecule has 0 radical (unpaired) electrons. The fourth-order valence-electron chi connectivity index (χ4n) is 1.71. The van der Waals surface area contributed by atoms with Crippen LogP contribution in [0.2, 0.25) is 0 Å². The highest BCUT2D eigenvalue weighted by Gasteiger charge is 2.13. The summed E-state index contributed by atoms with van der Waals surface area (Å²) in [5, 5.41) is 3.20. The highest BCUT2D eigenvalue weighted by molar-refractivity contribution is 5.80. The molecule has 0 unspecified atom stereocenters. The number of aromatic nitrogens is 1. The Morgan fingerprint density at radius 1 is 1.54 bits per heavy atom. The van der Waals surface area contributed by atoms with Crippen molar-refractivity contribution in [1.82, 2.24) is 9.88 Å². The Labute approximate surface area is 77.1 Å². The molecule has 1 aromatic heterocycles. The van der Waals surface area contributed by atoms with E-state index < -0.39 is 0 Å². The van der Waals surface area contributed by atoms with Crippen LogP contribution in [0, 0.1) is 6.92 Å². The van der Waals surface area contributed by atoms with Crippen LogP contribution in [-0.4, -0.2) is 17.4 Å². The van der Waals surface area contributed by atoms with Gasteiger partial charge in [-0.3, -0.25) is 4.79 Å². The highest BCUT2D eigenvalue weighted by atomic mass is 16.1. The molecule has 0 bridgehead atoms. The second-order valence-electron chi connectivity index (χ2n) is 3.15. The molecule has 2 heterocycles. The number of fused-ring (bicyclic) bond motifs is 1. The lowest BCUT2D eigenvalue weighted by molar-refractivity contribution is -0.104. The summed E-state index contributed by atoms with van der Waals surface area (Å²) >= 11 is 0. The maximum atomic E-state index is 10.4. The van der Waals surface area contributed by atoms with Crippen LogP contribution in [0.1, 0.15) is 11.4 Å². The van der Waals surface area contributed by atoms with Gasteiger partial charge in [0.1, 0.15) is 6.29 Å². The van der Waals surface area contributed by atoms with E-state index in [9.17, 15) is 4.79 Å². The predicted molar refractivity (Wildman–Crippen MR) is 51.2 cm³/mol. The van der Waals surface area contributed by atoms with Crippen LogP contribution < -0.4 is 5.32 Å². The van der Waals surface area contributed by atoms with E-state index in [1.54, 1.807) is 6.08 Å². The summed E-state index contributed by atoms with van der Waals surface area (Å²) in [6, 6.07) is 4.11. The lowest BCUT2D eigenvalue weighted by Gasteiger charge is -2.21. The van der Waals surface area contributed by atoms with Gasteiger partial charge in [0.05, 0.1) is 11.4 Å². The first kappa shape index (κ1) is 8.10. The van der Waals surface area contributed by atoms with Crippen LogP contribution in [-0.2, 0) is 11.3 Å². The van der Waals surface area contributed by atoms with Crippen molar-refractivity contribution in [3.05, 3.63) is 29.6 Å². The Kier molecular flexibility index (Phi) is 1.93. The van der Waals surface area contributed by atoms with Gasteiger partial charge in [-0.15, -0.1) is 0 Å². The Morgan fingerprint density at radius 3 is 3.15 bits per heavy atom. The third kappa shape index (κ3) is 1.26. The number of rotatable bonds is 1. The first-order valence-corrected chi connectivity index (χ1v) is 4.39. The molecule has 68 valence electrons. The Morgan fingerprint density at radius 2 is 2.38 bits per heavy atom. The second-order valence-corrected chi connectivity index (χ2v) is 3.15. The molecule has 0 aromatic carbocycles. The summed E-state index contributed by atoms with van der Waals surface area (Å²) in [6.07, 6.45) is 2.39. The minimum Gasteiger partial charge on any atom is -0.381 e. The van der Waals surface area contributed by atoms with Crippen LogP contribution in [0.15, 0.2) is 18.2 Å². The Bertz CT molecular complexity index is 363. The normalized spacial score (nSPS) is 18.1. The standard InChI is InChI=1S/C10H12N2O/c1-8-2-3-10-9(4-7-13)11-5-6-12(8)10/h2-4,7,11H,5-6H2,1H3/b9-4+. The van der Waals surface area contributed by atoms with Gasteiger partial charge in [0.15, 0.2) is 0 Å². The number of carbonyl (C=O) groups is 1. The van der Waals surface area contributed by atoms with Gasteiger partial charge in [-0.25, -0.2) is 0 Å². The lowest BCUT2D eigenvalue weighted by Crippen LogP contribution is -2.27. The number of aldehydes is 1. The van der Waals surface area contributed by atoms with E-state index >= 15 is 0 Å². The molecule has 0 saturated carbocycles. The van der Waals surface area contributed by atoms with Gasteiger partial charge in [0.25, 0.3) is 0 Å². The van der Waals surface area contributed by atoms with E-state index in [0.29, 0.717) is 0 Å². The van der Waals surface area contributed by atoms with Crippen LogP contribution in [0.4, 0.5) is 0 Å². The van der Waals surface area contributed by atoms with E-state index in [-0.39, 0.29) is 0 Å². The molecule has 1 aliphatic rings. The predicted octanol–water partition coefficient (Wildman–Crippen LogP) is 0.940. The zero-order valence-electron chi connectivity index (χ0n) is 7.58. The summed E-state index contributed by atoms with van der Waals surface area (Å²) in [7, 11) is 0. The van der Waals surface area contributed by atoms with Gasteiger partial charge in [-0.05, 0) is 19.1 Å². The van der Waals surface area contributed by atoms with Gasteiger partial charge >= 0.3 is 0 Å². The molecule has 2 rings (SSSR count). The summed E-state index contributed by atoms with van der Waals surface area (Å²) in [5.74, 6) is 0. The minimum atomic E-state index is 0.820. The average molecular weight is 176 g/mol. The number of aryl methyl sites for hydroxylation is 1. The van der Waals surface area contributed by atoms with E-state index in [1.165, 1.54) is 5.69 Å². The number of nitrogens with zero attached hydrogens (tertiary/aromatic N) is 1. The number of hydrogen-bond acceptors (Lipinski definition) is 2. The van der Waals surface area contributed by atoms with Crippen molar-refractivity contribution < 1.29 is 4.79 Å². The van der Waals surface area contributed by atoms with Gasteiger partial charge < -0.3 is 9.88 Å². The van der Waals surface area contributed by atoms with Crippen LogP contribution in [0.25, 0.3) is 5.70 Å². The highest BCUT2D eigenvalue weighted by Crippen LogP contribution is 2.18. The zero-order valence-corrected chi connectivity index (χ0v) is 7.58. The molecule has 1 aliphatic heterocycles. The maximum absolute atomic E-state index is 10.4. The molecule has 0 fully saturated rings. The number of hydrogen-bond donors (Lipinski definition) is 1. The topological polar surface area (TPSA) is 34.0 Å². The summed E-state index contributed by atoms with van der Waals surface area (Å²) < 4.78 is 2.21. The van der Waals surface area contributed by atoms with Crippen molar-refractivity contribution in [2.24, 2.45) is 0 Å². The first-order valence-electron chi connectivity index (χ1n) is 4.39. The molecule has 3 nitrogen and oxygen atoms in total. The van der Waals surface area contributed by atoms with Gasteiger partial charge in [-0.1, -0.05) is 0 Å². The summed E-state index contributed by atoms with van der Waals surface area (Å²) in [4.78, 5) is 10.4. The van der Waals surface area contributed by atoms with Crippen LogP contribution >= 0.6 is 0 Å². The Hall–Kier alpha value is -1.51. The van der Waals surface area contributed by atoms with Crippen molar-refractivity contribution in [2.45, 2.75) is 13.5 Å². The number of allylic oxidation sites excluding steroid dienone is 1. The Balaban J connectivity index is 2.49. The molecule has 3 heteroatoms. The fraction of sp³-hybridized carbons (Fsp3) is 0.300. The molecule has 13 heavy (non-hydrogen) atoms. The third-order valence-electron chi connectivity index (χ3n) is 2.36.